The molecule has 0 spiro atoms. The van der Waals surface area contributed by atoms with E-state index in [0.29, 0.717) is 6.42 Å². The topological polar surface area (TPSA) is 84.2 Å². The average Bonchev–Trinajstić information content (AvgIpc) is 2.47. The fourth-order valence-corrected chi connectivity index (χ4v) is 1.82. The zero-order valence-corrected chi connectivity index (χ0v) is 14.2. The third-order valence-electron chi connectivity index (χ3n) is 3.39. The van der Waals surface area contributed by atoms with Gasteiger partial charge in [0.1, 0.15) is 6.04 Å². The van der Waals surface area contributed by atoms with Crippen molar-refractivity contribution in [3.8, 4) is 0 Å². The van der Waals surface area contributed by atoms with Crippen molar-refractivity contribution in [2.45, 2.75) is 51.7 Å². The molecule has 0 aliphatic heterocycles. The van der Waals surface area contributed by atoms with Crippen molar-refractivity contribution in [3.63, 3.8) is 0 Å². The van der Waals surface area contributed by atoms with Crippen LogP contribution in [0.5, 0.6) is 0 Å². The van der Waals surface area contributed by atoms with E-state index >= 15 is 0 Å². The van der Waals surface area contributed by atoms with Gasteiger partial charge in [0, 0.05) is 6.04 Å². The van der Waals surface area contributed by atoms with Crippen molar-refractivity contribution < 1.29 is 9.59 Å². The molecule has 1 aromatic carbocycles. The minimum absolute atomic E-state index is 0. The van der Waals surface area contributed by atoms with Crippen molar-refractivity contribution in [2.24, 2.45) is 5.73 Å². The predicted molar refractivity (Wildman–Crippen MR) is 90.9 cm³/mol. The van der Waals surface area contributed by atoms with Crippen LogP contribution in [-0.2, 0) is 16.0 Å². The first-order chi connectivity index (χ1) is 9.93. The molecule has 0 aromatic heterocycles. The van der Waals surface area contributed by atoms with Gasteiger partial charge in [0.25, 0.3) is 0 Å². The maximum atomic E-state index is 12.0. The second-order valence-corrected chi connectivity index (χ2v) is 5.34. The summed E-state index contributed by atoms with van der Waals surface area (Å²) in [4.78, 5) is 23.9. The minimum atomic E-state index is -0.661. The number of rotatable bonds is 7. The van der Waals surface area contributed by atoms with Crippen molar-refractivity contribution in [1.82, 2.24) is 10.6 Å². The molecule has 3 atom stereocenters. The first kappa shape index (κ1) is 20.4. The fraction of sp³-hybridized carbons (Fsp3) is 0.500. The van der Waals surface area contributed by atoms with Gasteiger partial charge in [-0.2, -0.15) is 0 Å². The van der Waals surface area contributed by atoms with E-state index in [2.05, 4.69) is 10.6 Å². The molecule has 0 aliphatic rings. The number of carbonyl (C=O) groups is 2. The lowest BCUT2D eigenvalue weighted by atomic mass is 10.1. The number of benzene rings is 1. The number of hydrogen-bond acceptors (Lipinski definition) is 3. The quantitative estimate of drug-likeness (QED) is 0.707. The van der Waals surface area contributed by atoms with E-state index < -0.39 is 12.1 Å². The van der Waals surface area contributed by atoms with Crippen LogP contribution in [0.2, 0.25) is 0 Å². The molecular weight excluding hydrogens is 302 g/mol. The van der Waals surface area contributed by atoms with Crippen molar-refractivity contribution >= 4 is 24.2 Å². The Kier molecular flexibility index (Phi) is 9.45. The smallest absolute Gasteiger partial charge is 0.242 e. The first-order valence-electron chi connectivity index (χ1n) is 7.34. The van der Waals surface area contributed by atoms with Gasteiger partial charge >= 0.3 is 0 Å². The monoisotopic (exact) mass is 327 g/mol. The number of carbonyl (C=O) groups excluding carboxylic acids is 2. The third-order valence-corrected chi connectivity index (χ3v) is 3.39. The van der Waals surface area contributed by atoms with Crippen LogP contribution in [0.3, 0.4) is 0 Å². The molecule has 1 aromatic rings. The Hall–Kier alpha value is -1.59. The average molecular weight is 328 g/mol. The van der Waals surface area contributed by atoms with Gasteiger partial charge in [0.2, 0.25) is 11.8 Å². The van der Waals surface area contributed by atoms with Gasteiger partial charge in [-0.05, 0) is 32.3 Å². The minimum Gasteiger partial charge on any atom is -0.352 e. The zero-order valence-electron chi connectivity index (χ0n) is 13.3. The molecule has 124 valence electrons. The number of hydrogen-bond donors (Lipinski definition) is 3. The number of nitrogens with one attached hydrogen (secondary N) is 2. The van der Waals surface area contributed by atoms with Crippen LogP contribution >= 0.6 is 12.4 Å². The van der Waals surface area contributed by atoms with E-state index in [1.54, 1.807) is 6.92 Å². The van der Waals surface area contributed by atoms with Crippen LogP contribution in [0.4, 0.5) is 0 Å². The van der Waals surface area contributed by atoms with Crippen LogP contribution in [0, 0.1) is 0 Å². The molecule has 0 heterocycles. The highest BCUT2D eigenvalue weighted by molar-refractivity contribution is 5.89. The maximum absolute atomic E-state index is 12.0. The summed E-state index contributed by atoms with van der Waals surface area (Å²) in [7, 11) is 0. The van der Waals surface area contributed by atoms with E-state index in [1.807, 2.05) is 44.2 Å². The van der Waals surface area contributed by atoms with Gasteiger partial charge in [0.05, 0.1) is 6.04 Å². The maximum Gasteiger partial charge on any atom is 0.242 e. The fourth-order valence-electron chi connectivity index (χ4n) is 1.82. The SMILES string of the molecule is CCC(C)NC(=O)C(C)NC(=O)[C@@H](N)Cc1ccccc1.Cl. The number of nitrogens with two attached hydrogens (primary N) is 1. The van der Waals surface area contributed by atoms with Crippen LogP contribution in [0.25, 0.3) is 0 Å². The van der Waals surface area contributed by atoms with Crippen LogP contribution < -0.4 is 16.4 Å². The molecule has 0 bridgehead atoms. The van der Waals surface area contributed by atoms with Gasteiger partial charge in [-0.15, -0.1) is 12.4 Å². The zero-order chi connectivity index (χ0) is 15.8. The van der Waals surface area contributed by atoms with E-state index in [1.165, 1.54) is 0 Å². The lowest BCUT2D eigenvalue weighted by molar-refractivity contribution is -0.129. The summed E-state index contributed by atoms with van der Waals surface area (Å²) >= 11 is 0. The molecule has 6 heteroatoms. The molecule has 0 fully saturated rings. The molecule has 22 heavy (non-hydrogen) atoms. The summed E-state index contributed by atoms with van der Waals surface area (Å²) in [6.45, 7) is 5.57. The van der Waals surface area contributed by atoms with Gasteiger partial charge in [-0.3, -0.25) is 9.59 Å². The Morgan fingerprint density at radius 3 is 2.23 bits per heavy atom. The first-order valence-corrected chi connectivity index (χ1v) is 7.34. The molecule has 4 N–H and O–H groups in total. The predicted octanol–water partition coefficient (Wildman–Crippen LogP) is 1.40. The number of halogens is 1. The highest BCUT2D eigenvalue weighted by Gasteiger charge is 2.20. The molecule has 0 saturated heterocycles. The summed E-state index contributed by atoms with van der Waals surface area (Å²) in [5, 5.41) is 5.48. The Morgan fingerprint density at radius 2 is 1.68 bits per heavy atom. The van der Waals surface area contributed by atoms with Crippen LogP contribution in [-0.4, -0.2) is 29.9 Å². The molecule has 2 amide bonds. The Balaban J connectivity index is 0.00000441. The highest BCUT2D eigenvalue weighted by Crippen LogP contribution is 2.02. The van der Waals surface area contributed by atoms with Gasteiger partial charge < -0.3 is 16.4 Å². The molecule has 2 unspecified atom stereocenters. The van der Waals surface area contributed by atoms with Gasteiger partial charge in [-0.1, -0.05) is 37.3 Å². The van der Waals surface area contributed by atoms with Gasteiger partial charge in [0.15, 0.2) is 0 Å². The summed E-state index contributed by atoms with van der Waals surface area (Å²) < 4.78 is 0. The van der Waals surface area contributed by atoms with Crippen LogP contribution in [0.1, 0.15) is 32.8 Å². The highest BCUT2D eigenvalue weighted by atomic mass is 35.5. The van der Waals surface area contributed by atoms with Crippen molar-refractivity contribution in [2.75, 3.05) is 0 Å². The molecule has 0 saturated carbocycles. The van der Waals surface area contributed by atoms with Crippen LogP contribution in [0.15, 0.2) is 30.3 Å². The molecular formula is C16H26ClN3O2. The van der Waals surface area contributed by atoms with E-state index in [0.717, 1.165) is 12.0 Å². The van der Waals surface area contributed by atoms with Crippen molar-refractivity contribution in [1.29, 1.82) is 0 Å². The van der Waals surface area contributed by atoms with E-state index in [9.17, 15) is 9.59 Å². The Bertz CT molecular complexity index is 468. The summed E-state index contributed by atoms with van der Waals surface area (Å²) in [6.07, 6.45) is 1.30. The van der Waals surface area contributed by atoms with E-state index in [-0.39, 0.29) is 30.3 Å². The molecule has 0 aliphatic carbocycles. The normalized spacial score (nSPS) is 14.2. The van der Waals surface area contributed by atoms with Crippen molar-refractivity contribution in [3.05, 3.63) is 35.9 Å². The Labute approximate surface area is 138 Å². The summed E-state index contributed by atoms with van der Waals surface area (Å²) in [6, 6.07) is 8.41. The largest absolute Gasteiger partial charge is 0.352 e. The summed E-state index contributed by atoms with van der Waals surface area (Å²) in [5.41, 5.74) is 6.88. The summed E-state index contributed by atoms with van der Waals surface area (Å²) in [5.74, 6) is -0.504. The second kappa shape index (κ2) is 10.2. The van der Waals surface area contributed by atoms with Gasteiger partial charge in [-0.25, -0.2) is 0 Å². The lowest BCUT2D eigenvalue weighted by Crippen LogP contribution is -2.52. The number of amides is 2. The lowest BCUT2D eigenvalue weighted by Gasteiger charge is -2.19. The molecule has 0 radical (unpaired) electrons. The van der Waals surface area contributed by atoms with E-state index in [4.69, 9.17) is 5.73 Å². The standard InChI is InChI=1S/C16H25N3O2.ClH/c1-4-11(2)18-15(20)12(3)19-16(21)14(17)10-13-8-6-5-7-9-13;/h5-9,11-12,14H,4,10,17H2,1-3H3,(H,18,20)(H,19,21);1H/t11?,12?,14-;/m0./s1. The Morgan fingerprint density at radius 1 is 1.09 bits per heavy atom. The second-order valence-electron chi connectivity index (χ2n) is 5.34. The molecule has 5 nitrogen and oxygen atoms in total. The third kappa shape index (κ3) is 6.91. The molecule has 1 rings (SSSR count).